The third-order valence-electron chi connectivity index (χ3n) is 16.9. The second-order valence-corrected chi connectivity index (χ2v) is 28.1. The zero-order valence-electron chi connectivity index (χ0n) is 58.9. The Kier molecular flexibility index (Phi) is 32.3. The van der Waals surface area contributed by atoms with Crippen LogP contribution >= 0.6 is 11.8 Å². The summed E-state index contributed by atoms with van der Waals surface area (Å²) in [6, 6.07) is -7.75. The molecule has 1 fully saturated rings. The molecule has 0 spiro atoms. The van der Waals surface area contributed by atoms with Crippen LogP contribution < -0.4 is 21.3 Å². The van der Waals surface area contributed by atoms with Crippen molar-refractivity contribution >= 4 is 76.7 Å². The van der Waals surface area contributed by atoms with Crippen molar-refractivity contribution in [3.8, 4) is 0 Å². The lowest BCUT2D eigenvalue weighted by molar-refractivity contribution is -0.157. The maximum atomic E-state index is 15.3. The molecule has 13 atom stereocenters. The van der Waals surface area contributed by atoms with Gasteiger partial charge in [0, 0.05) is 55.5 Å². The number of thioether (sulfide) groups is 1. The molecule has 1 aromatic rings. The van der Waals surface area contributed by atoms with Crippen molar-refractivity contribution < 1.29 is 57.8 Å². The molecule has 0 radical (unpaired) electrons. The van der Waals surface area contributed by atoms with Gasteiger partial charge in [0.2, 0.25) is 59.1 Å². The monoisotopic (exact) mass is 1300 g/mol. The maximum absolute atomic E-state index is 15.3. The quantitative estimate of drug-likeness (QED) is 0.144. The van der Waals surface area contributed by atoms with E-state index in [1.54, 1.807) is 92.7 Å². The van der Waals surface area contributed by atoms with E-state index in [1.807, 2.05) is 41.5 Å². The molecule has 0 aliphatic carbocycles. The largest absolute Gasteiger partial charge is 0.390 e. The molecule has 24 nitrogen and oxygen atoms in total. The van der Waals surface area contributed by atoms with E-state index in [-0.39, 0.29) is 49.9 Å². The van der Waals surface area contributed by atoms with E-state index in [2.05, 4.69) is 26.3 Å². The van der Waals surface area contributed by atoms with Crippen LogP contribution in [-0.4, -0.2) is 231 Å². The highest BCUT2D eigenvalue weighted by atomic mass is 32.2. The smallest absolute Gasteiger partial charge is 0.256 e. The van der Waals surface area contributed by atoms with Gasteiger partial charge < -0.3 is 60.7 Å². The number of likely N-dealkylation sites (N-methyl/N-ethyl adjacent to an activating group) is 7. The van der Waals surface area contributed by atoms with Crippen LogP contribution in [0.15, 0.2) is 41.6 Å². The van der Waals surface area contributed by atoms with E-state index in [1.165, 1.54) is 93.9 Å². The van der Waals surface area contributed by atoms with Gasteiger partial charge in [-0.2, -0.15) is 0 Å². The summed E-state index contributed by atoms with van der Waals surface area (Å²) in [5.41, 5.74) is 0. The molecule has 11 amide bonds. The topological polar surface area (TPSA) is 292 Å². The van der Waals surface area contributed by atoms with Crippen LogP contribution in [0.5, 0.6) is 0 Å². The van der Waals surface area contributed by atoms with Gasteiger partial charge in [-0.05, 0) is 106 Å². The van der Waals surface area contributed by atoms with Gasteiger partial charge in [0.1, 0.15) is 60.4 Å². The second-order valence-electron chi connectivity index (χ2n) is 27.0. The summed E-state index contributed by atoms with van der Waals surface area (Å²) in [7, 11) is 9.90. The van der Waals surface area contributed by atoms with Crippen LogP contribution in [0.3, 0.4) is 0 Å². The summed E-state index contributed by atoms with van der Waals surface area (Å²) >= 11 is 0.917. The molecule has 1 unspecified atom stereocenters. The number of aliphatic hydroxyl groups is 1. The molecular formula is C66H112N12O12S. The van der Waals surface area contributed by atoms with Crippen molar-refractivity contribution in [2.45, 2.75) is 227 Å². The minimum atomic E-state index is -1.66. The molecule has 91 heavy (non-hydrogen) atoms. The minimum Gasteiger partial charge on any atom is -0.390 e. The number of carbonyl (C=O) groups excluding carboxylic acids is 11. The Morgan fingerprint density at radius 1 is 0.495 bits per heavy atom. The van der Waals surface area contributed by atoms with Gasteiger partial charge in [-0.3, -0.25) is 52.7 Å². The first-order valence-corrected chi connectivity index (χ1v) is 33.0. The number of pyridine rings is 1. The molecular weight excluding hydrogens is 1180 g/mol. The number of carbonyl (C=O) groups is 11. The number of aliphatic hydroxyl groups excluding tert-OH is 1. The SMILES string of the molecule is C/C=C/C[C@@H](C)[C@@H](O)[C@H]1C(=O)N[C@@H](CC)C(=O)N(C)C(Sc2ccccn2)C(=O)N(C)[C@@H](C(C)C)C(=O)N[C@@H](C(C)C)C(=O)N(C)[C@@H](CC(C)C)C(=O)N[C@@H](C)C(=O)N[C@H](C)C(=O)N(C)[C@@H](CC(C)C)C(=O)N(C)[C@@H](CC(C)C)C(=O)N(C)[C@@H](C(C)C)C(=O)N1C. The average Bonchev–Trinajstić information content (AvgIpc) is 1.00. The molecule has 5 N–H and O–H groups in total. The van der Waals surface area contributed by atoms with Gasteiger partial charge in [-0.25, -0.2) is 4.98 Å². The van der Waals surface area contributed by atoms with Crippen LogP contribution in [0.2, 0.25) is 0 Å². The van der Waals surface area contributed by atoms with E-state index in [0.29, 0.717) is 5.03 Å². The van der Waals surface area contributed by atoms with Gasteiger partial charge >= 0.3 is 0 Å². The third-order valence-corrected chi connectivity index (χ3v) is 18.1. The third kappa shape index (κ3) is 21.7. The van der Waals surface area contributed by atoms with E-state index in [9.17, 15) is 29.1 Å². The van der Waals surface area contributed by atoms with E-state index >= 15 is 28.8 Å². The summed E-state index contributed by atoms with van der Waals surface area (Å²) in [6.07, 6.45) is 4.23. The van der Waals surface area contributed by atoms with Crippen molar-refractivity contribution in [2.75, 3.05) is 49.3 Å². The van der Waals surface area contributed by atoms with Gasteiger partial charge in [0.25, 0.3) is 5.91 Å². The number of nitrogens with one attached hydrogen (secondary N) is 4. The van der Waals surface area contributed by atoms with E-state index < -0.39 is 161 Å². The first kappa shape index (κ1) is 80.5. The fraction of sp³-hybridized carbons (Fsp3) is 0.727. The molecule has 2 rings (SSSR count). The number of amides is 11. The summed E-state index contributed by atoms with van der Waals surface area (Å²) in [6.45, 7) is 29.5. The minimum absolute atomic E-state index is 0.0331. The maximum Gasteiger partial charge on any atom is 0.256 e. The van der Waals surface area contributed by atoms with E-state index in [4.69, 9.17) is 0 Å². The second kappa shape index (κ2) is 36.6. The zero-order chi connectivity index (χ0) is 70.0. The number of aromatic nitrogens is 1. The number of rotatable bonds is 16. The predicted octanol–water partition coefficient (Wildman–Crippen LogP) is 4.39. The van der Waals surface area contributed by atoms with Crippen molar-refractivity contribution in [1.82, 2.24) is 60.6 Å². The summed E-state index contributed by atoms with van der Waals surface area (Å²) in [5.74, 6) is -10.6. The van der Waals surface area contributed by atoms with Crippen LogP contribution in [0, 0.1) is 41.4 Å². The number of hydrogen-bond acceptors (Lipinski definition) is 14. The summed E-state index contributed by atoms with van der Waals surface area (Å²) in [4.78, 5) is 176. The highest BCUT2D eigenvalue weighted by Crippen LogP contribution is 2.29. The predicted molar refractivity (Wildman–Crippen MR) is 353 cm³/mol. The average molecular weight is 1300 g/mol. The van der Waals surface area contributed by atoms with Crippen LogP contribution in [0.4, 0.5) is 0 Å². The Morgan fingerprint density at radius 2 is 0.956 bits per heavy atom. The van der Waals surface area contributed by atoms with Gasteiger partial charge in [-0.1, -0.05) is 127 Å². The summed E-state index contributed by atoms with van der Waals surface area (Å²) < 4.78 is 0. The Labute approximate surface area is 546 Å². The van der Waals surface area contributed by atoms with Crippen LogP contribution in [0.25, 0.3) is 0 Å². The normalized spacial score (nSPS) is 26.7. The lowest BCUT2D eigenvalue weighted by Crippen LogP contribution is -2.64. The molecule has 1 aliphatic rings. The summed E-state index contributed by atoms with van der Waals surface area (Å²) in [5, 5.41) is 22.2. The molecule has 25 heteroatoms. The Balaban J connectivity index is 3.10. The number of hydrogen-bond donors (Lipinski definition) is 5. The van der Waals surface area contributed by atoms with Crippen molar-refractivity contribution in [1.29, 1.82) is 0 Å². The molecule has 0 bridgehead atoms. The zero-order valence-corrected chi connectivity index (χ0v) is 59.7. The van der Waals surface area contributed by atoms with Crippen molar-refractivity contribution in [2.24, 2.45) is 41.4 Å². The molecule has 1 aromatic heterocycles. The Morgan fingerprint density at radius 3 is 1.43 bits per heavy atom. The van der Waals surface area contributed by atoms with Crippen LogP contribution in [-0.2, 0) is 52.7 Å². The first-order valence-electron chi connectivity index (χ1n) is 32.2. The first-order chi connectivity index (χ1) is 42.2. The fourth-order valence-electron chi connectivity index (χ4n) is 11.4. The van der Waals surface area contributed by atoms with Gasteiger partial charge in [0.15, 0.2) is 5.37 Å². The van der Waals surface area contributed by atoms with Crippen LogP contribution in [0.1, 0.15) is 150 Å². The molecule has 514 valence electrons. The Hall–Kier alpha value is -6.63. The lowest BCUT2D eigenvalue weighted by Gasteiger charge is -2.41. The Bertz CT molecular complexity index is 2680. The van der Waals surface area contributed by atoms with Gasteiger partial charge in [-0.15, -0.1) is 0 Å². The van der Waals surface area contributed by atoms with E-state index in [0.717, 1.165) is 21.6 Å². The van der Waals surface area contributed by atoms with Gasteiger partial charge in [0.05, 0.1) is 11.1 Å². The number of allylic oxidation sites excluding steroid dienone is 2. The molecule has 0 aromatic carbocycles. The number of nitrogens with zero attached hydrogens (tertiary/aromatic N) is 8. The molecule has 1 aliphatic heterocycles. The lowest BCUT2D eigenvalue weighted by atomic mass is 9.91. The standard InChI is InChI=1S/C66H112N12O12S/c1-25-27-30-42(15)54(79)53-58(83)70-45(26-2)60(85)78(24)66(91-49-31-28-29-32-67-49)65(90)75(21)51(40(11)12)57(82)71-50(39(9)10)63(88)72(18)46(33-36(3)4)56(81)68-43(16)55(80)69-44(17)59(84)73(19)47(34-37(5)6)61(86)74(20)48(35-38(7)8)62(87)76(22)52(41(13)14)64(89)77(53)23/h25,27-29,31-32,36-48,50-54,66,79H,26,30,33-35H2,1-24H3,(H,68,81)(H,69,80)(H,70,83)(H,71,82)/b27-25+/t42-,43+,44-,45+,46+,47+,48+,50+,51+,52+,53+,54-,66?/m1/s1. The highest BCUT2D eigenvalue weighted by molar-refractivity contribution is 8.00. The molecule has 1 saturated heterocycles. The fourth-order valence-corrected chi connectivity index (χ4v) is 12.4. The van der Waals surface area contributed by atoms with Crippen molar-refractivity contribution in [3.63, 3.8) is 0 Å². The molecule has 0 saturated carbocycles. The highest BCUT2D eigenvalue weighted by Gasteiger charge is 2.47. The molecule has 2 heterocycles. The van der Waals surface area contributed by atoms with Crippen molar-refractivity contribution in [3.05, 3.63) is 36.5 Å².